The van der Waals surface area contributed by atoms with Gasteiger partial charge in [0.05, 0.1) is 7.11 Å². The molecule has 22 heavy (non-hydrogen) atoms. The number of hydrogen-bond donors (Lipinski definition) is 2. The number of hydrogen-bond acceptors (Lipinski definition) is 3. The maximum absolute atomic E-state index is 9.95. The molecule has 1 aromatic rings. The third-order valence-corrected chi connectivity index (χ3v) is 3.68. The Hall–Kier alpha value is -1.18. The van der Waals surface area contributed by atoms with Crippen molar-refractivity contribution in [3.63, 3.8) is 0 Å². The Morgan fingerprint density at radius 1 is 1.36 bits per heavy atom. The van der Waals surface area contributed by atoms with Gasteiger partial charge in [-0.1, -0.05) is 6.07 Å². The van der Waals surface area contributed by atoms with E-state index in [2.05, 4.69) is 22.1 Å². The smallest absolute Gasteiger partial charge is 0.193 e. The van der Waals surface area contributed by atoms with E-state index < -0.39 is 0 Å². The van der Waals surface area contributed by atoms with Gasteiger partial charge in [0, 0.05) is 32.2 Å². The third kappa shape index (κ3) is 5.23. The van der Waals surface area contributed by atoms with Gasteiger partial charge in [-0.3, -0.25) is 4.99 Å². The van der Waals surface area contributed by atoms with Crippen molar-refractivity contribution >= 4 is 29.9 Å². The lowest BCUT2D eigenvalue weighted by molar-refractivity contribution is 0.406. The summed E-state index contributed by atoms with van der Waals surface area (Å²) in [5, 5.41) is 13.3. The van der Waals surface area contributed by atoms with Crippen LogP contribution in [0, 0.1) is 0 Å². The van der Waals surface area contributed by atoms with Gasteiger partial charge in [-0.25, -0.2) is 0 Å². The van der Waals surface area contributed by atoms with E-state index in [-0.39, 0.29) is 29.7 Å². The van der Waals surface area contributed by atoms with Gasteiger partial charge >= 0.3 is 0 Å². The van der Waals surface area contributed by atoms with Crippen LogP contribution >= 0.6 is 24.0 Å². The maximum atomic E-state index is 9.95. The highest BCUT2D eigenvalue weighted by Gasteiger charge is 2.15. The molecule has 1 aliphatic rings. The first-order valence-electron chi connectivity index (χ1n) is 7.63. The number of phenolic OH excluding ortho intramolecular Hbond substituents is 1. The minimum Gasteiger partial charge on any atom is -0.508 e. The zero-order valence-electron chi connectivity index (χ0n) is 13.3. The summed E-state index contributed by atoms with van der Waals surface area (Å²) in [5.74, 6) is 1.93. The minimum atomic E-state index is 0. The Bertz CT molecular complexity index is 488. The van der Waals surface area contributed by atoms with Gasteiger partial charge in [0.15, 0.2) is 5.96 Å². The first kappa shape index (κ1) is 18.9. The van der Waals surface area contributed by atoms with Gasteiger partial charge in [-0.2, -0.15) is 0 Å². The predicted molar refractivity (Wildman–Crippen MR) is 101 cm³/mol. The van der Waals surface area contributed by atoms with Crippen LogP contribution in [-0.4, -0.2) is 49.3 Å². The highest BCUT2D eigenvalue weighted by molar-refractivity contribution is 14.0. The molecular weight excluding hydrogens is 393 g/mol. The Morgan fingerprint density at radius 3 is 2.68 bits per heavy atom. The number of ether oxygens (including phenoxy) is 1. The van der Waals surface area contributed by atoms with Gasteiger partial charge in [-0.15, -0.1) is 24.0 Å². The number of aliphatic imine (C=N–C) groups is 1. The number of phenols is 1. The van der Waals surface area contributed by atoms with Crippen LogP contribution < -0.4 is 10.1 Å². The lowest BCUT2D eigenvalue weighted by atomic mass is 10.1. The van der Waals surface area contributed by atoms with Gasteiger partial charge in [-0.05, 0) is 37.8 Å². The van der Waals surface area contributed by atoms with Crippen molar-refractivity contribution in [3.05, 3.63) is 23.8 Å². The molecule has 0 unspecified atom stereocenters. The number of benzene rings is 1. The van der Waals surface area contributed by atoms with Crippen molar-refractivity contribution in [2.75, 3.05) is 33.3 Å². The molecule has 0 aliphatic carbocycles. The molecule has 1 saturated heterocycles. The van der Waals surface area contributed by atoms with E-state index in [4.69, 9.17) is 4.74 Å². The largest absolute Gasteiger partial charge is 0.508 e. The number of guanidine groups is 1. The van der Waals surface area contributed by atoms with Gasteiger partial charge in [0.2, 0.25) is 0 Å². The Kier molecular flexibility index (Phi) is 8.37. The second-order valence-corrected chi connectivity index (χ2v) is 5.17. The molecule has 0 bridgehead atoms. The van der Waals surface area contributed by atoms with Crippen LogP contribution in [0.3, 0.4) is 0 Å². The van der Waals surface area contributed by atoms with Crippen molar-refractivity contribution in [2.45, 2.75) is 26.2 Å². The summed E-state index contributed by atoms with van der Waals surface area (Å²) in [6, 6.07) is 5.40. The van der Waals surface area contributed by atoms with E-state index in [1.165, 1.54) is 12.8 Å². The highest BCUT2D eigenvalue weighted by atomic mass is 127. The predicted octanol–water partition coefficient (Wildman–Crippen LogP) is 2.62. The number of methoxy groups -OCH3 is 1. The number of nitrogens with one attached hydrogen (secondary N) is 1. The number of rotatable bonds is 5. The molecule has 0 amide bonds. The molecular formula is C16H26IN3O2. The van der Waals surface area contributed by atoms with Gasteiger partial charge in [0.1, 0.15) is 11.5 Å². The van der Waals surface area contributed by atoms with E-state index in [0.717, 1.165) is 37.6 Å². The third-order valence-electron chi connectivity index (χ3n) is 3.68. The summed E-state index contributed by atoms with van der Waals surface area (Å²) in [6.45, 7) is 5.79. The number of halogens is 1. The molecule has 0 saturated carbocycles. The van der Waals surface area contributed by atoms with Crippen LogP contribution in [0.15, 0.2) is 23.2 Å². The fourth-order valence-electron chi connectivity index (χ4n) is 2.52. The lowest BCUT2D eigenvalue weighted by Crippen LogP contribution is -2.39. The molecule has 2 N–H and O–H groups in total. The SMILES string of the molecule is CCNC(=NCCc1ccc(OC)cc1O)N1CCCC1.I. The van der Waals surface area contributed by atoms with Gasteiger partial charge < -0.3 is 20.1 Å². The number of aromatic hydroxyl groups is 1. The van der Waals surface area contributed by atoms with E-state index in [9.17, 15) is 5.11 Å². The van der Waals surface area contributed by atoms with Crippen LogP contribution in [0.4, 0.5) is 0 Å². The molecule has 1 aromatic carbocycles. The van der Waals surface area contributed by atoms with E-state index in [0.29, 0.717) is 12.3 Å². The molecule has 2 rings (SSSR count). The fourth-order valence-corrected chi connectivity index (χ4v) is 2.52. The Morgan fingerprint density at radius 2 is 2.09 bits per heavy atom. The standard InChI is InChI=1S/C16H25N3O2.HI/c1-3-17-16(19-10-4-5-11-19)18-9-8-13-6-7-14(21-2)12-15(13)20;/h6-7,12,20H,3-5,8-11H2,1-2H3,(H,17,18);1H. The van der Waals surface area contributed by atoms with Crippen molar-refractivity contribution in [1.82, 2.24) is 10.2 Å². The lowest BCUT2D eigenvalue weighted by Gasteiger charge is -2.20. The van der Waals surface area contributed by atoms with Crippen molar-refractivity contribution in [1.29, 1.82) is 0 Å². The summed E-state index contributed by atoms with van der Waals surface area (Å²) in [7, 11) is 1.59. The summed E-state index contributed by atoms with van der Waals surface area (Å²) >= 11 is 0. The quantitative estimate of drug-likeness (QED) is 0.438. The van der Waals surface area contributed by atoms with Crippen LogP contribution in [0.2, 0.25) is 0 Å². The van der Waals surface area contributed by atoms with E-state index in [1.807, 2.05) is 12.1 Å². The van der Waals surface area contributed by atoms with Crippen molar-refractivity contribution in [3.8, 4) is 11.5 Å². The average molecular weight is 419 g/mol. The highest BCUT2D eigenvalue weighted by Crippen LogP contribution is 2.23. The molecule has 124 valence electrons. The zero-order valence-corrected chi connectivity index (χ0v) is 15.7. The van der Waals surface area contributed by atoms with Crippen LogP contribution in [0.1, 0.15) is 25.3 Å². The monoisotopic (exact) mass is 419 g/mol. The second kappa shape index (κ2) is 9.76. The molecule has 0 spiro atoms. The molecule has 0 atom stereocenters. The van der Waals surface area contributed by atoms with Crippen molar-refractivity contribution in [2.24, 2.45) is 4.99 Å². The molecule has 0 radical (unpaired) electrons. The summed E-state index contributed by atoms with van der Waals surface area (Å²) in [5.41, 5.74) is 0.900. The van der Waals surface area contributed by atoms with Crippen molar-refractivity contribution < 1.29 is 9.84 Å². The first-order chi connectivity index (χ1) is 10.2. The molecule has 0 aromatic heterocycles. The molecule has 1 fully saturated rings. The summed E-state index contributed by atoms with van der Waals surface area (Å²) in [6.07, 6.45) is 3.20. The topological polar surface area (TPSA) is 57.1 Å². The number of nitrogens with zero attached hydrogens (tertiary/aromatic N) is 2. The van der Waals surface area contributed by atoms with Crippen LogP contribution in [0.5, 0.6) is 11.5 Å². The summed E-state index contributed by atoms with van der Waals surface area (Å²) in [4.78, 5) is 6.97. The van der Waals surface area contributed by atoms with E-state index in [1.54, 1.807) is 13.2 Å². The van der Waals surface area contributed by atoms with E-state index >= 15 is 0 Å². The van der Waals surface area contributed by atoms with Crippen LogP contribution in [-0.2, 0) is 6.42 Å². The minimum absolute atomic E-state index is 0. The fraction of sp³-hybridized carbons (Fsp3) is 0.562. The summed E-state index contributed by atoms with van der Waals surface area (Å²) < 4.78 is 5.09. The molecule has 1 aliphatic heterocycles. The second-order valence-electron chi connectivity index (χ2n) is 5.17. The average Bonchev–Trinajstić information content (AvgIpc) is 3.02. The maximum Gasteiger partial charge on any atom is 0.193 e. The molecule has 6 heteroatoms. The van der Waals surface area contributed by atoms with Crippen LogP contribution in [0.25, 0.3) is 0 Å². The van der Waals surface area contributed by atoms with Gasteiger partial charge in [0.25, 0.3) is 0 Å². The first-order valence-corrected chi connectivity index (χ1v) is 7.63. The number of likely N-dealkylation sites (tertiary alicyclic amines) is 1. The zero-order chi connectivity index (χ0) is 15.1. The Balaban J connectivity index is 0.00000242. The molecule has 5 nitrogen and oxygen atoms in total. The molecule has 1 heterocycles. The Labute approximate surface area is 149 Å². The normalized spacial score (nSPS) is 14.6.